The Morgan fingerprint density at radius 1 is 0.812 bits per heavy atom. The van der Waals surface area contributed by atoms with Crippen LogP contribution in [0.5, 0.6) is 0 Å². The Hall–Kier alpha value is -0.450. The molecule has 0 aliphatic carbocycles. The van der Waals surface area contributed by atoms with Gasteiger partial charge in [0.05, 0.1) is 11.4 Å². The minimum Gasteiger partial charge on any atom is -0.606 e. The molecule has 1 aliphatic heterocycles. The molecule has 16 heavy (non-hydrogen) atoms. The van der Waals surface area contributed by atoms with Gasteiger partial charge in [0.15, 0.2) is 9.79 Å². The standard InChI is InChI=1S/C12H9NOS.Na/c14-15-11-7-3-1-5-9(11)13-10-6-2-4-8-12(10)15;/h1-8,13H;. The van der Waals surface area contributed by atoms with Crippen LogP contribution in [0.1, 0.15) is 0 Å². The van der Waals surface area contributed by atoms with Crippen molar-refractivity contribution in [1.29, 1.82) is 0 Å². The van der Waals surface area contributed by atoms with Gasteiger partial charge >= 0.3 is 0 Å². The summed E-state index contributed by atoms with van der Waals surface area (Å²) >= 11 is -1.05. The Kier molecular flexibility index (Phi) is 3.62. The average molecular weight is 238 g/mol. The zero-order valence-corrected chi connectivity index (χ0v) is 11.8. The number of anilines is 2. The van der Waals surface area contributed by atoms with Crippen LogP contribution in [0.2, 0.25) is 0 Å². The van der Waals surface area contributed by atoms with E-state index in [1.54, 1.807) is 0 Å². The summed E-state index contributed by atoms with van der Waals surface area (Å²) in [6, 6.07) is 15.4. The number of fused-ring (bicyclic) bond motifs is 2. The van der Waals surface area contributed by atoms with Gasteiger partial charge in [-0.15, -0.1) is 0 Å². The second kappa shape index (κ2) is 4.82. The Bertz CT molecular complexity index is 472. The fourth-order valence-corrected chi connectivity index (χ4v) is 3.01. The van der Waals surface area contributed by atoms with Gasteiger partial charge in [0.2, 0.25) is 0 Å². The molecule has 0 aromatic heterocycles. The molecule has 3 rings (SSSR count). The monoisotopic (exact) mass is 238 g/mol. The van der Waals surface area contributed by atoms with Crippen LogP contribution in [0.3, 0.4) is 0 Å². The number of hydrogen-bond acceptors (Lipinski definition) is 2. The van der Waals surface area contributed by atoms with Crippen molar-refractivity contribution in [3.63, 3.8) is 0 Å². The third-order valence-corrected chi connectivity index (χ3v) is 3.95. The molecule has 2 aromatic carbocycles. The van der Waals surface area contributed by atoms with Crippen molar-refractivity contribution < 1.29 is 4.55 Å². The molecular formula is C12H9NNaOS. The summed E-state index contributed by atoms with van der Waals surface area (Å²) in [5.41, 5.74) is 1.88. The predicted molar refractivity (Wildman–Crippen MR) is 66.6 cm³/mol. The molecule has 1 aliphatic rings. The Morgan fingerprint density at radius 2 is 1.25 bits per heavy atom. The van der Waals surface area contributed by atoms with Crippen molar-refractivity contribution in [2.75, 3.05) is 5.32 Å². The fourth-order valence-electron chi connectivity index (χ4n) is 1.73. The summed E-state index contributed by atoms with van der Waals surface area (Å²) < 4.78 is 12.2. The minimum absolute atomic E-state index is 0. The van der Waals surface area contributed by atoms with Crippen LogP contribution in [0.25, 0.3) is 0 Å². The van der Waals surface area contributed by atoms with E-state index in [9.17, 15) is 4.55 Å². The molecule has 0 atom stereocenters. The first-order valence-electron chi connectivity index (χ1n) is 4.73. The molecule has 1 heterocycles. The zero-order chi connectivity index (χ0) is 10.3. The van der Waals surface area contributed by atoms with Crippen LogP contribution in [0.15, 0.2) is 58.3 Å². The summed E-state index contributed by atoms with van der Waals surface area (Å²) in [6.45, 7) is 0. The van der Waals surface area contributed by atoms with E-state index in [2.05, 4.69) is 5.32 Å². The van der Waals surface area contributed by atoms with Gasteiger partial charge in [-0.25, -0.2) is 0 Å². The molecule has 75 valence electrons. The molecule has 2 aromatic rings. The molecule has 1 N–H and O–H groups in total. The van der Waals surface area contributed by atoms with Crippen LogP contribution in [-0.4, -0.2) is 34.1 Å². The Morgan fingerprint density at radius 3 is 1.75 bits per heavy atom. The minimum atomic E-state index is -1.05. The topological polar surface area (TPSA) is 35.1 Å². The molecule has 0 fully saturated rings. The molecule has 0 saturated carbocycles. The SMILES string of the molecule is [Na].[O-][S+]1c2ccccc2Nc2ccccc21. The van der Waals surface area contributed by atoms with Crippen molar-refractivity contribution in [2.45, 2.75) is 9.79 Å². The van der Waals surface area contributed by atoms with Crippen LogP contribution >= 0.6 is 0 Å². The quantitative estimate of drug-likeness (QED) is 0.565. The summed E-state index contributed by atoms with van der Waals surface area (Å²) in [7, 11) is 0. The first kappa shape index (κ1) is 12.0. The number of rotatable bonds is 0. The van der Waals surface area contributed by atoms with E-state index >= 15 is 0 Å². The van der Waals surface area contributed by atoms with Crippen LogP contribution in [0, 0.1) is 0 Å². The second-order valence-corrected chi connectivity index (χ2v) is 4.80. The Balaban J connectivity index is 0.000000963. The van der Waals surface area contributed by atoms with Gasteiger partial charge in [-0.3, -0.25) is 0 Å². The van der Waals surface area contributed by atoms with E-state index in [1.165, 1.54) is 0 Å². The van der Waals surface area contributed by atoms with Crippen molar-refractivity contribution in [3.05, 3.63) is 48.5 Å². The number of para-hydroxylation sites is 2. The maximum absolute atomic E-state index is 12.2. The van der Waals surface area contributed by atoms with Gasteiger partial charge in [0.25, 0.3) is 0 Å². The van der Waals surface area contributed by atoms with Crippen molar-refractivity contribution in [3.8, 4) is 0 Å². The van der Waals surface area contributed by atoms with Crippen LogP contribution < -0.4 is 5.32 Å². The second-order valence-electron chi connectivity index (χ2n) is 3.39. The number of nitrogens with one attached hydrogen (secondary N) is 1. The van der Waals surface area contributed by atoms with Crippen molar-refractivity contribution in [2.24, 2.45) is 0 Å². The molecule has 0 spiro atoms. The first-order valence-corrected chi connectivity index (χ1v) is 5.88. The third-order valence-electron chi connectivity index (χ3n) is 2.44. The molecular weight excluding hydrogens is 229 g/mol. The van der Waals surface area contributed by atoms with Gasteiger partial charge in [0.1, 0.15) is 0 Å². The average Bonchev–Trinajstić information content (AvgIpc) is 2.30. The zero-order valence-electron chi connectivity index (χ0n) is 8.94. The van der Waals surface area contributed by atoms with Crippen LogP contribution in [0.4, 0.5) is 11.4 Å². The third kappa shape index (κ3) is 1.90. The van der Waals surface area contributed by atoms with Crippen molar-refractivity contribution in [1.82, 2.24) is 0 Å². The van der Waals surface area contributed by atoms with E-state index in [0.717, 1.165) is 21.2 Å². The maximum atomic E-state index is 12.2. The summed E-state index contributed by atoms with van der Waals surface area (Å²) in [4.78, 5) is 1.72. The van der Waals surface area contributed by atoms with E-state index in [4.69, 9.17) is 0 Å². The smallest absolute Gasteiger partial charge is 0.181 e. The molecule has 0 saturated heterocycles. The maximum Gasteiger partial charge on any atom is 0.181 e. The molecule has 4 heteroatoms. The summed E-state index contributed by atoms with van der Waals surface area (Å²) in [6.07, 6.45) is 0. The largest absolute Gasteiger partial charge is 0.606 e. The molecule has 0 unspecified atom stereocenters. The first-order chi connectivity index (χ1) is 7.36. The molecule has 2 nitrogen and oxygen atoms in total. The molecule has 0 bridgehead atoms. The number of benzene rings is 2. The van der Waals surface area contributed by atoms with Gasteiger partial charge in [-0.2, -0.15) is 0 Å². The van der Waals surface area contributed by atoms with Gasteiger partial charge in [0, 0.05) is 40.7 Å². The normalized spacial score (nSPS) is 13.1. The fraction of sp³-hybridized carbons (Fsp3) is 0. The predicted octanol–water partition coefficient (Wildman–Crippen LogP) is 2.53. The van der Waals surface area contributed by atoms with Crippen molar-refractivity contribution >= 4 is 52.1 Å². The van der Waals surface area contributed by atoms with E-state index in [0.29, 0.717) is 0 Å². The van der Waals surface area contributed by atoms with Crippen LogP contribution in [-0.2, 0) is 11.2 Å². The van der Waals surface area contributed by atoms with Gasteiger partial charge in [-0.05, 0) is 24.3 Å². The number of hydrogen-bond donors (Lipinski definition) is 1. The molecule has 0 amide bonds. The Labute approximate surface area is 120 Å². The van der Waals surface area contributed by atoms with Gasteiger partial charge < -0.3 is 9.87 Å². The van der Waals surface area contributed by atoms with Gasteiger partial charge in [-0.1, -0.05) is 24.3 Å². The van der Waals surface area contributed by atoms with E-state index < -0.39 is 11.2 Å². The summed E-state index contributed by atoms with van der Waals surface area (Å²) in [5, 5.41) is 3.28. The summed E-state index contributed by atoms with van der Waals surface area (Å²) in [5.74, 6) is 0. The van der Waals surface area contributed by atoms with E-state index in [1.807, 2.05) is 48.5 Å². The molecule has 1 radical (unpaired) electrons. The van der Waals surface area contributed by atoms with E-state index in [-0.39, 0.29) is 29.6 Å².